The molecule has 1 atom stereocenters. The molecule has 214 valence electrons. The monoisotopic (exact) mass is 577 g/mol. The lowest BCUT2D eigenvalue weighted by Gasteiger charge is -2.33. The van der Waals surface area contributed by atoms with Gasteiger partial charge in [-0.1, -0.05) is 44.2 Å². The van der Waals surface area contributed by atoms with E-state index < -0.39 is 5.82 Å². The minimum atomic E-state index is -0.506. The summed E-state index contributed by atoms with van der Waals surface area (Å²) in [7, 11) is 1.56. The molecular weight excluding hydrogens is 545 g/mol. The van der Waals surface area contributed by atoms with Crippen LogP contribution in [0.15, 0.2) is 60.2 Å². The van der Waals surface area contributed by atoms with Crippen LogP contribution < -0.4 is 4.90 Å². The molecule has 0 spiro atoms. The molecule has 3 heterocycles. The maximum absolute atomic E-state index is 14.9. The topological polar surface area (TPSA) is 88.0 Å². The van der Waals surface area contributed by atoms with Crippen LogP contribution in [0.3, 0.4) is 0 Å². The van der Waals surface area contributed by atoms with E-state index in [4.69, 9.17) is 21.3 Å². The Bertz CT molecular complexity index is 1490. The molecular formula is C31H33ClFN5O3. The predicted molar refractivity (Wildman–Crippen MR) is 159 cm³/mol. The van der Waals surface area contributed by atoms with E-state index in [0.717, 1.165) is 12.0 Å². The molecule has 1 saturated heterocycles. The molecule has 3 aromatic rings. The Morgan fingerprint density at radius 1 is 1.32 bits per heavy atom. The number of pyridine rings is 2. The highest BCUT2D eigenvalue weighted by Crippen LogP contribution is 2.38. The number of amides is 2. The maximum Gasteiger partial charge on any atom is 0.246 e. The molecule has 4 rings (SSSR count). The van der Waals surface area contributed by atoms with E-state index in [1.165, 1.54) is 17.0 Å². The first-order chi connectivity index (χ1) is 19.7. The number of carbonyl (C=O) groups is 2. The lowest BCUT2D eigenvalue weighted by molar-refractivity contribution is -0.128. The van der Waals surface area contributed by atoms with Crippen LogP contribution in [0.25, 0.3) is 11.3 Å². The summed E-state index contributed by atoms with van der Waals surface area (Å²) in [5.74, 6) is -0.342. The predicted octanol–water partition coefficient (Wildman–Crippen LogP) is 6.23. The minimum absolute atomic E-state index is 0.0136. The third-order valence-corrected chi connectivity index (χ3v) is 7.22. The van der Waals surface area contributed by atoms with Gasteiger partial charge in [-0.25, -0.2) is 9.37 Å². The first-order valence-corrected chi connectivity index (χ1v) is 13.8. The van der Waals surface area contributed by atoms with Gasteiger partial charge in [0.2, 0.25) is 18.2 Å². The van der Waals surface area contributed by atoms with Crippen molar-refractivity contribution in [2.24, 2.45) is 4.99 Å². The molecule has 0 N–H and O–H groups in total. The molecule has 1 aliphatic rings. The summed E-state index contributed by atoms with van der Waals surface area (Å²) >= 11 is 6.72. The Morgan fingerprint density at radius 3 is 2.73 bits per heavy atom. The van der Waals surface area contributed by atoms with Gasteiger partial charge < -0.3 is 9.64 Å². The van der Waals surface area contributed by atoms with E-state index in [9.17, 15) is 14.0 Å². The fourth-order valence-corrected chi connectivity index (χ4v) is 5.19. The summed E-state index contributed by atoms with van der Waals surface area (Å²) < 4.78 is 21.3. The zero-order valence-electron chi connectivity index (χ0n) is 23.6. The number of aliphatic imine (C=N–C) groups is 1. The lowest BCUT2D eigenvalue weighted by Crippen LogP contribution is -2.43. The minimum Gasteiger partial charge on any atom is -0.472 e. The number of piperidine rings is 1. The quantitative estimate of drug-likeness (QED) is 0.137. The van der Waals surface area contributed by atoms with Gasteiger partial charge in [0.25, 0.3) is 0 Å². The molecule has 1 unspecified atom stereocenters. The summed E-state index contributed by atoms with van der Waals surface area (Å²) in [6.07, 6.45) is 4.70. The number of likely N-dealkylation sites (tertiary alicyclic amines) is 1. The highest BCUT2D eigenvalue weighted by molar-refractivity contribution is 6.33. The maximum atomic E-state index is 14.9. The number of ether oxygens (including phenoxy) is 1. The van der Waals surface area contributed by atoms with Crippen molar-refractivity contribution in [2.45, 2.75) is 45.6 Å². The molecule has 2 amide bonds. The zero-order valence-corrected chi connectivity index (χ0v) is 24.4. The van der Waals surface area contributed by atoms with Crippen molar-refractivity contribution in [3.05, 3.63) is 82.9 Å². The van der Waals surface area contributed by atoms with Crippen molar-refractivity contribution >= 4 is 41.3 Å². The summed E-state index contributed by atoms with van der Waals surface area (Å²) in [4.78, 5) is 41.9. The van der Waals surface area contributed by atoms with Gasteiger partial charge in [-0.3, -0.25) is 24.5 Å². The highest BCUT2D eigenvalue weighted by Gasteiger charge is 2.30. The second-order valence-corrected chi connectivity index (χ2v) is 10.5. The Kier molecular flexibility index (Phi) is 9.50. The first kappa shape index (κ1) is 29.9. The average Bonchev–Trinajstić information content (AvgIpc) is 2.97. The highest BCUT2D eigenvalue weighted by atomic mass is 35.5. The molecule has 0 bridgehead atoms. The average molecular weight is 578 g/mol. The molecule has 0 aliphatic carbocycles. The van der Waals surface area contributed by atoms with E-state index in [0.29, 0.717) is 42.9 Å². The number of hydrogen-bond donors (Lipinski definition) is 0. The number of nitrogens with zero attached hydrogens (tertiary/aromatic N) is 5. The van der Waals surface area contributed by atoms with Crippen molar-refractivity contribution < 1.29 is 18.7 Å². The van der Waals surface area contributed by atoms with Crippen LogP contribution in [0, 0.1) is 12.7 Å². The third-order valence-electron chi connectivity index (χ3n) is 6.94. The summed E-state index contributed by atoms with van der Waals surface area (Å²) in [5, 5.41) is 0.156. The van der Waals surface area contributed by atoms with Gasteiger partial charge >= 0.3 is 0 Å². The van der Waals surface area contributed by atoms with Crippen LogP contribution in [0.5, 0.6) is 0 Å². The number of rotatable bonds is 8. The second kappa shape index (κ2) is 13.0. The number of anilines is 2. The van der Waals surface area contributed by atoms with Crippen LogP contribution in [-0.4, -0.2) is 59.3 Å². The molecule has 0 saturated carbocycles. The van der Waals surface area contributed by atoms with Gasteiger partial charge in [0.1, 0.15) is 11.9 Å². The van der Waals surface area contributed by atoms with E-state index >= 15 is 0 Å². The van der Waals surface area contributed by atoms with Crippen LogP contribution in [-0.2, 0) is 14.3 Å². The van der Waals surface area contributed by atoms with Gasteiger partial charge in [-0.15, -0.1) is 0 Å². The summed E-state index contributed by atoms with van der Waals surface area (Å²) in [6.45, 7) is 10.4. The number of aryl methyl sites for hydroxylation is 1. The molecule has 8 nitrogen and oxygen atoms in total. The van der Waals surface area contributed by atoms with Gasteiger partial charge in [0.05, 0.1) is 34.2 Å². The number of benzene rings is 1. The number of hydrogen-bond acceptors (Lipinski definition) is 6. The number of aromatic nitrogens is 2. The van der Waals surface area contributed by atoms with E-state index in [2.05, 4.69) is 16.6 Å². The fourth-order valence-electron chi connectivity index (χ4n) is 4.94. The summed E-state index contributed by atoms with van der Waals surface area (Å²) in [6, 6.07) is 9.55. The van der Waals surface area contributed by atoms with Crippen molar-refractivity contribution in [3.8, 4) is 11.3 Å². The van der Waals surface area contributed by atoms with E-state index in [1.807, 2.05) is 26.8 Å². The van der Waals surface area contributed by atoms with Gasteiger partial charge in [0.15, 0.2) is 5.82 Å². The van der Waals surface area contributed by atoms with Crippen LogP contribution in [0.4, 0.5) is 15.9 Å². The molecule has 0 radical (unpaired) electrons. The number of carbonyl (C=O) groups excluding carboxylic acids is 2. The third kappa shape index (κ3) is 6.30. The molecule has 1 aliphatic heterocycles. The smallest absolute Gasteiger partial charge is 0.246 e. The van der Waals surface area contributed by atoms with Crippen molar-refractivity contribution in [1.82, 2.24) is 14.9 Å². The zero-order chi connectivity index (χ0) is 29.7. The van der Waals surface area contributed by atoms with Crippen LogP contribution >= 0.6 is 11.6 Å². The largest absolute Gasteiger partial charge is 0.472 e. The standard InChI is InChI=1S/C31H33ClFN5O3/c1-6-26(40)37-15-9-10-21(17-37)41-31(34-5)23-16-24(32)28(22-11-7-8-12-25(22)33)36-30(23)38(18-39)29-20(4)13-14-35-27(29)19(2)3/h6-8,11-14,16,18-19,21H,1,9-10,15,17H2,2-5H3/b34-31+. The Labute approximate surface area is 244 Å². The molecule has 1 fully saturated rings. The normalized spacial score (nSPS) is 15.5. The van der Waals surface area contributed by atoms with Gasteiger partial charge in [-0.05, 0) is 61.6 Å². The van der Waals surface area contributed by atoms with Crippen molar-refractivity contribution in [3.63, 3.8) is 0 Å². The first-order valence-electron chi connectivity index (χ1n) is 13.4. The molecule has 1 aromatic carbocycles. The molecule has 10 heteroatoms. The summed E-state index contributed by atoms with van der Waals surface area (Å²) in [5.41, 5.74) is 2.74. The Balaban J connectivity index is 1.89. The van der Waals surface area contributed by atoms with Gasteiger partial charge in [0, 0.05) is 25.4 Å². The van der Waals surface area contributed by atoms with Crippen molar-refractivity contribution in [1.29, 1.82) is 0 Å². The molecule has 41 heavy (non-hydrogen) atoms. The van der Waals surface area contributed by atoms with Crippen molar-refractivity contribution in [2.75, 3.05) is 25.0 Å². The molecule has 2 aromatic heterocycles. The Morgan fingerprint density at radius 2 is 2.07 bits per heavy atom. The fraction of sp³-hybridized carbons (Fsp3) is 0.323. The Hall–Kier alpha value is -4.11. The SMILES string of the molecule is C=CC(=O)N1CCCC(O/C(=N/C)c2cc(Cl)c(-c3ccccc3F)nc2N(C=O)c2c(C)ccnc2C(C)C)C1. The van der Waals surface area contributed by atoms with Crippen LogP contribution in [0.1, 0.15) is 49.4 Å². The second-order valence-electron chi connectivity index (χ2n) is 10.1. The van der Waals surface area contributed by atoms with E-state index in [1.54, 1.807) is 42.4 Å². The van der Waals surface area contributed by atoms with Gasteiger partial charge in [-0.2, -0.15) is 0 Å². The number of halogens is 2. The van der Waals surface area contributed by atoms with Crippen LogP contribution in [0.2, 0.25) is 5.02 Å². The lowest BCUT2D eigenvalue weighted by atomic mass is 10.0. The van der Waals surface area contributed by atoms with E-state index in [-0.39, 0.29) is 45.9 Å².